The molecule has 0 aliphatic heterocycles. The molecule has 0 bridgehead atoms. The minimum atomic E-state index is -0.163. The first-order chi connectivity index (χ1) is 8.84. The molecule has 0 aliphatic carbocycles. The van der Waals surface area contributed by atoms with Crippen molar-refractivity contribution in [3.63, 3.8) is 0 Å². The molecular weight excluding hydrogens is 230 g/mol. The number of amides is 1. The van der Waals surface area contributed by atoms with Crippen molar-refractivity contribution >= 4 is 16.9 Å². The molecule has 90 valence electrons. The van der Waals surface area contributed by atoms with E-state index >= 15 is 0 Å². The van der Waals surface area contributed by atoms with Crippen molar-refractivity contribution in [1.29, 1.82) is 0 Å². The quantitative estimate of drug-likeness (QED) is 0.737. The SMILES string of the molecule is O=C(NCc1ccco1)c1cccc2[nH]cnc12. The van der Waals surface area contributed by atoms with Gasteiger partial charge in [0.05, 0.1) is 30.2 Å². The highest BCUT2D eigenvalue weighted by Gasteiger charge is 2.11. The van der Waals surface area contributed by atoms with Gasteiger partial charge in [-0.25, -0.2) is 4.98 Å². The molecule has 0 spiro atoms. The molecule has 0 saturated heterocycles. The van der Waals surface area contributed by atoms with Crippen LogP contribution in [0.4, 0.5) is 0 Å². The molecule has 0 fully saturated rings. The van der Waals surface area contributed by atoms with E-state index < -0.39 is 0 Å². The third-order valence-corrected chi connectivity index (χ3v) is 2.70. The Morgan fingerprint density at radius 1 is 1.33 bits per heavy atom. The lowest BCUT2D eigenvalue weighted by Crippen LogP contribution is -2.22. The van der Waals surface area contributed by atoms with Crippen LogP contribution >= 0.6 is 0 Å². The molecule has 0 unspecified atom stereocenters. The van der Waals surface area contributed by atoms with E-state index in [-0.39, 0.29) is 5.91 Å². The molecule has 2 heterocycles. The Morgan fingerprint density at radius 2 is 2.28 bits per heavy atom. The Balaban J connectivity index is 1.81. The van der Waals surface area contributed by atoms with Gasteiger partial charge in [0.1, 0.15) is 11.3 Å². The molecule has 0 aliphatic rings. The normalized spacial score (nSPS) is 10.7. The number of para-hydroxylation sites is 1. The largest absolute Gasteiger partial charge is 0.467 e. The van der Waals surface area contributed by atoms with Gasteiger partial charge < -0.3 is 14.7 Å². The predicted molar refractivity (Wildman–Crippen MR) is 66.0 cm³/mol. The van der Waals surface area contributed by atoms with Crippen molar-refractivity contribution in [2.24, 2.45) is 0 Å². The molecule has 0 saturated carbocycles. The number of nitrogens with zero attached hydrogens (tertiary/aromatic N) is 1. The summed E-state index contributed by atoms with van der Waals surface area (Å²) in [5, 5.41) is 2.80. The highest BCUT2D eigenvalue weighted by molar-refractivity contribution is 6.04. The fraction of sp³-hybridized carbons (Fsp3) is 0.0769. The zero-order chi connectivity index (χ0) is 12.4. The maximum absolute atomic E-state index is 12.0. The first-order valence-corrected chi connectivity index (χ1v) is 5.57. The fourth-order valence-corrected chi connectivity index (χ4v) is 1.82. The predicted octanol–water partition coefficient (Wildman–Crippen LogP) is 2.09. The summed E-state index contributed by atoms with van der Waals surface area (Å²) in [5.74, 6) is 0.557. The monoisotopic (exact) mass is 241 g/mol. The van der Waals surface area contributed by atoms with Gasteiger partial charge in [-0.05, 0) is 24.3 Å². The summed E-state index contributed by atoms with van der Waals surface area (Å²) in [6, 6.07) is 9.06. The lowest BCUT2D eigenvalue weighted by Gasteiger charge is -2.03. The van der Waals surface area contributed by atoms with Gasteiger partial charge in [0.15, 0.2) is 0 Å². The average molecular weight is 241 g/mol. The van der Waals surface area contributed by atoms with Crippen LogP contribution in [0.25, 0.3) is 11.0 Å². The van der Waals surface area contributed by atoms with Crippen molar-refractivity contribution in [1.82, 2.24) is 15.3 Å². The molecule has 2 N–H and O–H groups in total. The van der Waals surface area contributed by atoms with Crippen LogP contribution in [0.15, 0.2) is 47.3 Å². The van der Waals surface area contributed by atoms with E-state index in [4.69, 9.17) is 4.42 Å². The highest BCUT2D eigenvalue weighted by Crippen LogP contribution is 2.14. The van der Waals surface area contributed by atoms with Gasteiger partial charge in [-0.3, -0.25) is 4.79 Å². The number of carbonyl (C=O) groups excluding carboxylic acids is 1. The molecule has 2 aromatic heterocycles. The second-order valence-electron chi connectivity index (χ2n) is 3.87. The van der Waals surface area contributed by atoms with Crippen LogP contribution in [-0.4, -0.2) is 15.9 Å². The van der Waals surface area contributed by atoms with E-state index in [1.54, 1.807) is 24.7 Å². The summed E-state index contributed by atoms with van der Waals surface area (Å²) in [4.78, 5) is 19.2. The lowest BCUT2D eigenvalue weighted by atomic mass is 10.1. The summed E-state index contributed by atoms with van der Waals surface area (Å²) in [7, 11) is 0. The number of furan rings is 1. The number of hydrogen-bond donors (Lipinski definition) is 2. The number of nitrogens with one attached hydrogen (secondary N) is 2. The number of imidazole rings is 1. The molecular formula is C13H11N3O2. The Labute approximate surface area is 103 Å². The second kappa shape index (κ2) is 4.37. The van der Waals surface area contributed by atoms with Crippen LogP contribution in [0.5, 0.6) is 0 Å². The molecule has 0 atom stereocenters. The highest BCUT2D eigenvalue weighted by atomic mass is 16.3. The number of carbonyl (C=O) groups is 1. The maximum atomic E-state index is 12.0. The Morgan fingerprint density at radius 3 is 3.11 bits per heavy atom. The first-order valence-electron chi connectivity index (χ1n) is 5.57. The number of fused-ring (bicyclic) bond motifs is 1. The van der Waals surface area contributed by atoms with Gasteiger partial charge in [0, 0.05) is 0 Å². The number of aromatic amines is 1. The molecule has 1 amide bonds. The third kappa shape index (κ3) is 1.86. The van der Waals surface area contributed by atoms with Crippen molar-refractivity contribution in [3.8, 4) is 0 Å². The third-order valence-electron chi connectivity index (χ3n) is 2.70. The summed E-state index contributed by atoms with van der Waals surface area (Å²) in [5.41, 5.74) is 2.08. The Hall–Kier alpha value is -2.56. The molecule has 5 nitrogen and oxygen atoms in total. The van der Waals surface area contributed by atoms with Crippen molar-refractivity contribution in [3.05, 3.63) is 54.2 Å². The van der Waals surface area contributed by atoms with Gasteiger partial charge in [0.25, 0.3) is 5.91 Å². The van der Waals surface area contributed by atoms with Crippen LogP contribution in [0.2, 0.25) is 0 Å². The fourth-order valence-electron chi connectivity index (χ4n) is 1.82. The van der Waals surface area contributed by atoms with Gasteiger partial charge in [0.2, 0.25) is 0 Å². The van der Waals surface area contributed by atoms with E-state index in [1.165, 1.54) is 0 Å². The van der Waals surface area contributed by atoms with Crippen LogP contribution < -0.4 is 5.32 Å². The van der Waals surface area contributed by atoms with Crippen molar-refractivity contribution in [2.45, 2.75) is 6.54 Å². The zero-order valence-electron chi connectivity index (χ0n) is 9.51. The average Bonchev–Trinajstić information content (AvgIpc) is 3.05. The van der Waals surface area contributed by atoms with E-state index in [0.29, 0.717) is 17.6 Å². The molecule has 3 rings (SSSR count). The van der Waals surface area contributed by atoms with Crippen molar-refractivity contribution in [2.75, 3.05) is 0 Å². The summed E-state index contributed by atoms with van der Waals surface area (Å²) in [6.45, 7) is 0.368. The summed E-state index contributed by atoms with van der Waals surface area (Å²) < 4.78 is 5.16. The van der Waals surface area contributed by atoms with Gasteiger partial charge in [-0.2, -0.15) is 0 Å². The molecule has 18 heavy (non-hydrogen) atoms. The van der Waals surface area contributed by atoms with Crippen LogP contribution in [0, 0.1) is 0 Å². The van der Waals surface area contributed by atoms with E-state index in [1.807, 2.05) is 18.2 Å². The van der Waals surface area contributed by atoms with Crippen LogP contribution in [0.1, 0.15) is 16.1 Å². The maximum Gasteiger partial charge on any atom is 0.253 e. The minimum Gasteiger partial charge on any atom is -0.467 e. The smallest absolute Gasteiger partial charge is 0.253 e. The summed E-state index contributed by atoms with van der Waals surface area (Å²) >= 11 is 0. The topological polar surface area (TPSA) is 70.9 Å². The number of aromatic nitrogens is 2. The number of hydrogen-bond acceptors (Lipinski definition) is 3. The summed E-state index contributed by atoms with van der Waals surface area (Å²) in [6.07, 6.45) is 3.16. The van der Waals surface area contributed by atoms with Gasteiger partial charge in [-0.1, -0.05) is 6.07 Å². The Bertz CT molecular complexity index is 670. The second-order valence-corrected chi connectivity index (χ2v) is 3.87. The standard InChI is InChI=1S/C13H11N3O2/c17-13(14-7-9-3-2-6-18-9)10-4-1-5-11-12(10)16-8-15-11/h1-6,8H,7H2,(H,14,17)(H,15,16). The molecule has 1 aromatic carbocycles. The Kier molecular flexibility index (Phi) is 2.57. The van der Waals surface area contributed by atoms with E-state index in [9.17, 15) is 4.79 Å². The van der Waals surface area contributed by atoms with Crippen LogP contribution in [-0.2, 0) is 6.54 Å². The number of benzene rings is 1. The lowest BCUT2D eigenvalue weighted by molar-refractivity contribution is 0.0949. The minimum absolute atomic E-state index is 0.163. The molecule has 0 radical (unpaired) electrons. The number of rotatable bonds is 3. The number of H-pyrrole nitrogens is 1. The zero-order valence-corrected chi connectivity index (χ0v) is 9.51. The van der Waals surface area contributed by atoms with E-state index in [0.717, 1.165) is 11.3 Å². The molecule has 5 heteroatoms. The van der Waals surface area contributed by atoms with Crippen molar-refractivity contribution < 1.29 is 9.21 Å². The first kappa shape index (κ1) is 10.6. The van der Waals surface area contributed by atoms with Gasteiger partial charge in [-0.15, -0.1) is 0 Å². The van der Waals surface area contributed by atoms with Crippen LogP contribution in [0.3, 0.4) is 0 Å². The van der Waals surface area contributed by atoms with E-state index in [2.05, 4.69) is 15.3 Å². The molecule has 3 aromatic rings. The van der Waals surface area contributed by atoms with Gasteiger partial charge >= 0.3 is 0 Å².